The summed E-state index contributed by atoms with van der Waals surface area (Å²) in [5, 5.41) is 3.01. The van der Waals surface area contributed by atoms with Gasteiger partial charge in [-0.25, -0.2) is 0 Å². The summed E-state index contributed by atoms with van der Waals surface area (Å²) in [7, 11) is 0. The van der Waals surface area contributed by atoms with E-state index in [1.165, 1.54) is 66.3 Å². The summed E-state index contributed by atoms with van der Waals surface area (Å²) in [5.41, 5.74) is 17.0. The summed E-state index contributed by atoms with van der Waals surface area (Å²) < 4.78 is 24.2. The van der Waals surface area contributed by atoms with E-state index in [1.54, 1.807) is 12.5 Å². The zero-order valence-electron chi connectivity index (χ0n) is 30.8. The molecule has 2 saturated heterocycles. The highest BCUT2D eigenvalue weighted by atomic mass is 16.7. The molecule has 2 aromatic carbocycles. The third-order valence-electron chi connectivity index (χ3n) is 13.8. The van der Waals surface area contributed by atoms with Crippen molar-refractivity contribution in [1.29, 1.82) is 0 Å². The van der Waals surface area contributed by atoms with Gasteiger partial charge in [-0.2, -0.15) is 0 Å². The lowest BCUT2D eigenvalue weighted by Gasteiger charge is -2.49. The fourth-order valence-electron chi connectivity index (χ4n) is 11.1. The Bertz CT molecular complexity index is 1540. The molecule has 2 saturated carbocycles. The molecule has 2 aromatic rings. The first-order chi connectivity index (χ1) is 23.6. The molecule has 49 heavy (non-hydrogen) atoms. The molecule has 2 aliphatic heterocycles. The molecule has 2 heterocycles. The van der Waals surface area contributed by atoms with Crippen molar-refractivity contribution in [2.75, 3.05) is 37.5 Å². The fourth-order valence-corrected chi connectivity index (χ4v) is 11.1. The Kier molecular flexibility index (Phi) is 9.70. The van der Waals surface area contributed by atoms with Gasteiger partial charge < -0.3 is 30.0 Å². The van der Waals surface area contributed by atoms with E-state index < -0.39 is 0 Å². The van der Waals surface area contributed by atoms with E-state index in [9.17, 15) is 4.79 Å². The lowest BCUT2D eigenvalue weighted by Crippen LogP contribution is -2.48. The van der Waals surface area contributed by atoms with Gasteiger partial charge in [0.15, 0.2) is 11.6 Å². The van der Waals surface area contributed by atoms with Crippen LogP contribution in [0, 0.1) is 25.7 Å². The molecule has 8 rings (SSSR count). The normalized spacial score (nSPS) is 31.0. The Hall–Kier alpha value is -2.45. The van der Waals surface area contributed by atoms with E-state index in [1.807, 2.05) is 0 Å². The van der Waals surface area contributed by atoms with Gasteiger partial charge in [-0.3, -0.25) is 4.79 Å². The highest BCUT2D eigenvalue weighted by Crippen LogP contribution is 2.57. The molecule has 268 valence electrons. The second-order valence-corrected chi connectivity index (χ2v) is 16.2. The quantitative estimate of drug-likeness (QED) is 0.318. The Labute approximate surface area is 294 Å². The predicted molar refractivity (Wildman–Crippen MR) is 195 cm³/mol. The van der Waals surface area contributed by atoms with Crippen LogP contribution in [0.1, 0.15) is 131 Å². The first-order valence-electron chi connectivity index (χ1n) is 19.4. The molecule has 7 heteroatoms. The van der Waals surface area contributed by atoms with Crippen LogP contribution in [-0.4, -0.2) is 43.9 Å². The van der Waals surface area contributed by atoms with Crippen LogP contribution in [-0.2, 0) is 47.4 Å². The molecular weight excluding hydrogens is 612 g/mol. The third kappa shape index (κ3) is 6.25. The van der Waals surface area contributed by atoms with Crippen LogP contribution < -0.4 is 11.1 Å². The maximum absolute atomic E-state index is 11.6. The number of benzene rings is 2. The molecule has 2 spiro atoms. The summed E-state index contributed by atoms with van der Waals surface area (Å²) >= 11 is 0. The van der Waals surface area contributed by atoms with Crippen molar-refractivity contribution in [3.05, 3.63) is 57.6 Å². The minimum Gasteiger partial charge on any atom is -0.399 e. The second-order valence-electron chi connectivity index (χ2n) is 16.2. The number of fused-ring (bicyclic) bond motifs is 6. The predicted octanol–water partition coefficient (Wildman–Crippen LogP) is 8.59. The van der Waals surface area contributed by atoms with Gasteiger partial charge in [0, 0.05) is 44.0 Å². The number of carbonyl (C=O) groups excluding carboxylic acids is 1. The van der Waals surface area contributed by atoms with Crippen molar-refractivity contribution in [3.63, 3.8) is 0 Å². The van der Waals surface area contributed by atoms with Crippen LogP contribution in [0.5, 0.6) is 0 Å². The van der Waals surface area contributed by atoms with E-state index in [2.05, 4.69) is 57.3 Å². The van der Waals surface area contributed by atoms with Crippen molar-refractivity contribution in [2.24, 2.45) is 11.8 Å². The maximum atomic E-state index is 11.6. The van der Waals surface area contributed by atoms with Crippen LogP contribution >= 0.6 is 0 Å². The lowest BCUT2D eigenvalue weighted by molar-refractivity contribution is -0.199. The van der Waals surface area contributed by atoms with Gasteiger partial charge in [0.2, 0.25) is 5.91 Å². The van der Waals surface area contributed by atoms with Gasteiger partial charge in [-0.15, -0.1) is 0 Å². The minimum atomic E-state index is -0.320. The molecule has 7 nitrogen and oxygen atoms in total. The fraction of sp³-hybridized carbons (Fsp3) is 0.690. The number of nitrogens with one attached hydrogen (secondary N) is 1. The number of ether oxygens (including phenoxy) is 4. The molecule has 6 aliphatic rings. The monoisotopic (exact) mass is 672 g/mol. The number of carbonyl (C=O) groups is 1. The lowest BCUT2D eigenvalue weighted by atomic mass is 9.58. The molecule has 4 fully saturated rings. The number of rotatable bonds is 3. The maximum Gasteiger partial charge on any atom is 0.221 e. The SMILES string of the molecule is CC[C@@]12CCC3(C[C@@H]1CCCc1cc(N)c(C)cc12)OCCO3.CC[C@@]12CCC3(C[C@@H]1CCCc1cc(NC(C)=O)c(C)cc12)OCCO3. The molecule has 4 aliphatic carbocycles. The number of hydrogen-bond donors (Lipinski definition) is 2. The summed E-state index contributed by atoms with van der Waals surface area (Å²) in [6, 6.07) is 9.23. The standard InChI is InChI=1S/C22H31NO3.C20H29NO2/c1-4-21-8-9-22(25-10-11-26-22)14-18(21)7-5-6-17-13-20(23-16(3)24)15(2)12-19(17)21;1-3-19-7-8-20(22-9-10-23-20)13-16(19)6-4-5-15-12-18(21)14(2)11-17(15)19/h12-13,18H,4-11,14H2,1-3H3,(H,23,24);11-12,16H,3-10,13,21H2,1-2H3/t18-,21+;16-,19+/m00/s1. The average Bonchev–Trinajstić information content (AvgIpc) is 3.67. The van der Waals surface area contributed by atoms with Gasteiger partial charge in [0.05, 0.1) is 26.4 Å². The van der Waals surface area contributed by atoms with Crippen molar-refractivity contribution < 1.29 is 23.7 Å². The van der Waals surface area contributed by atoms with Gasteiger partial charge in [-0.1, -0.05) is 26.0 Å². The smallest absolute Gasteiger partial charge is 0.221 e. The van der Waals surface area contributed by atoms with Crippen molar-refractivity contribution in [1.82, 2.24) is 0 Å². The number of hydrogen-bond acceptors (Lipinski definition) is 6. The van der Waals surface area contributed by atoms with Gasteiger partial charge >= 0.3 is 0 Å². The van der Waals surface area contributed by atoms with Crippen LogP contribution in [0.3, 0.4) is 0 Å². The number of anilines is 2. The topological polar surface area (TPSA) is 92.0 Å². The Morgan fingerprint density at radius 1 is 0.735 bits per heavy atom. The Morgan fingerprint density at radius 2 is 1.20 bits per heavy atom. The highest BCUT2D eigenvalue weighted by molar-refractivity contribution is 5.89. The molecule has 3 N–H and O–H groups in total. The van der Waals surface area contributed by atoms with Crippen molar-refractivity contribution in [3.8, 4) is 0 Å². The first kappa shape index (κ1) is 35.0. The Balaban J connectivity index is 0.000000155. The largest absolute Gasteiger partial charge is 0.399 e. The minimum absolute atomic E-state index is 0.0000997. The second kappa shape index (κ2) is 13.6. The summed E-state index contributed by atoms with van der Waals surface area (Å²) in [5.74, 6) is 0.658. The van der Waals surface area contributed by atoms with Crippen molar-refractivity contribution >= 4 is 17.3 Å². The number of aryl methyl sites for hydroxylation is 4. The molecule has 0 unspecified atom stereocenters. The van der Waals surface area contributed by atoms with Gasteiger partial charge in [-0.05, 0) is 146 Å². The zero-order chi connectivity index (χ0) is 34.4. The van der Waals surface area contributed by atoms with E-state index in [0.717, 1.165) is 89.2 Å². The van der Waals surface area contributed by atoms with Crippen molar-refractivity contribution in [2.45, 2.75) is 147 Å². The Morgan fingerprint density at radius 3 is 1.67 bits per heavy atom. The molecule has 1 amide bonds. The molecule has 0 aromatic heterocycles. The average molecular weight is 673 g/mol. The number of nitrogen functional groups attached to an aromatic ring is 1. The number of nitrogens with two attached hydrogens (primary N) is 1. The van der Waals surface area contributed by atoms with Crippen LogP contribution in [0.25, 0.3) is 0 Å². The highest BCUT2D eigenvalue weighted by Gasteiger charge is 2.54. The summed E-state index contributed by atoms with van der Waals surface area (Å²) in [6.07, 6.45) is 15.9. The summed E-state index contributed by atoms with van der Waals surface area (Å²) in [4.78, 5) is 11.6. The molecule has 0 bridgehead atoms. The van der Waals surface area contributed by atoms with Crippen LogP contribution in [0.4, 0.5) is 11.4 Å². The van der Waals surface area contributed by atoms with E-state index in [-0.39, 0.29) is 28.3 Å². The third-order valence-corrected chi connectivity index (χ3v) is 13.8. The first-order valence-corrected chi connectivity index (χ1v) is 19.4. The van der Waals surface area contributed by atoms with E-state index in [4.69, 9.17) is 24.7 Å². The zero-order valence-corrected chi connectivity index (χ0v) is 30.8. The summed E-state index contributed by atoms with van der Waals surface area (Å²) in [6.45, 7) is 13.5. The molecular formula is C42H60N2O5. The van der Waals surface area contributed by atoms with Crippen LogP contribution in [0.15, 0.2) is 24.3 Å². The van der Waals surface area contributed by atoms with Gasteiger partial charge in [0.25, 0.3) is 0 Å². The van der Waals surface area contributed by atoms with E-state index >= 15 is 0 Å². The number of amides is 1. The van der Waals surface area contributed by atoms with E-state index in [0.29, 0.717) is 11.8 Å². The van der Waals surface area contributed by atoms with Crippen LogP contribution in [0.2, 0.25) is 0 Å². The molecule has 4 atom stereocenters. The molecule has 0 radical (unpaired) electrons. The van der Waals surface area contributed by atoms with Gasteiger partial charge in [0.1, 0.15) is 0 Å².